The van der Waals surface area contributed by atoms with Crippen molar-refractivity contribution in [3.05, 3.63) is 65.7 Å². The average Bonchev–Trinajstić information content (AvgIpc) is 3.39. The summed E-state index contributed by atoms with van der Waals surface area (Å²) >= 11 is 0. The fourth-order valence-corrected chi connectivity index (χ4v) is 5.31. The van der Waals surface area contributed by atoms with Crippen molar-refractivity contribution in [3.8, 4) is 22.5 Å². The van der Waals surface area contributed by atoms with Crippen molar-refractivity contribution in [2.24, 2.45) is 11.1 Å². The van der Waals surface area contributed by atoms with Crippen molar-refractivity contribution in [2.45, 2.75) is 44.1 Å². The second-order valence-electron chi connectivity index (χ2n) is 9.78. The first-order chi connectivity index (χ1) is 16.1. The number of likely N-dealkylation sites (tertiary alicyclic amines) is 1. The molecule has 2 fully saturated rings. The number of furan rings is 1. The van der Waals surface area contributed by atoms with E-state index in [9.17, 15) is 10.3 Å². The molecule has 0 unspecified atom stereocenters. The Balaban J connectivity index is 1.36. The SMILES string of the molecule is O/N=C1\CCc2cc(-c3cc(C4(O)CCN(CC5CC5)CC4)oc3-c3ccncc3)ccc21. The van der Waals surface area contributed by atoms with E-state index in [4.69, 9.17) is 4.42 Å². The topological polar surface area (TPSA) is 82.1 Å². The lowest BCUT2D eigenvalue weighted by atomic mass is 9.88. The molecule has 33 heavy (non-hydrogen) atoms. The standard InChI is InChI=1S/C27H29N3O3/c31-27(9-13-30(14-10-27)17-18-1-2-18)25-16-23(26(33-25)19-7-11-28-12-8-19)21-3-5-22-20(15-21)4-6-24(22)29-32/h3,5,7-8,11-12,15-16,18,31-32H,1-2,4,6,9-10,13-14,17H2/b29-24+. The molecule has 6 nitrogen and oxygen atoms in total. The number of aliphatic hydroxyl groups is 1. The summed E-state index contributed by atoms with van der Waals surface area (Å²) in [5.41, 5.74) is 4.94. The maximum atomic E-state index is 11.6. The molecule has 3 aromatic rings. The van der Waals surface area contributed by atoms with Gasteiger partial charge in [0.1, 0.15) is 17.1 Å². The van der Waals surface area contributed by atoms with Gasteiger partial charge in [-0.15, -0.1) is 0 Å². The number of pyridine rings is 1. The van der Waals surface area contributed by atoms with Gasteiger partial charge in [0.05, 0.1) is 5.71 Å². The number of rotatable bonds is 5. The Bertz CT molecular complexity index is 1190. The van der Waals surface area contributed by atoms with Crippen LogP contribution in [0.25, 0.3) is 22.5 Å². The lowest BCUT2D eigenvalue weighted by molar-refractivity contribution is -0.0423. The van der Waals surface area contributed by atoms with Crippen LogP contribution in [0.15, 0.2) is 58.4 Å². The molecule has 0 amide bonds. The second kappa shape index (κ2) is 8.12. The molecule has 0 atom stereocenters. The van der Waals surface area contributed by atoms with Crippen LogP contribution in [0.2, 0.25) is 0 Å². The van der Waals surface area contributed by atoms with Crippen LogP contribution in [0.1, 0.15) is 49.0 Å². The Morgan fingerprint density at radius 3 is 2.52 bits per heavy atom. The Hall–Kier alpha value is -2.96. The Kier molecular flexibility index (Phi) is 5.07. The first kappa shape index (κ1) is 20.6. The van der Waals surface area contributed by atoms with Gasteiger partial charge in [-0.05, 0) is 73.8 Å². The van der Waals surface area contributed by atoms with Crippen molar-refractivity contribution >= 4 is 5.71 Å². The number of hydrogen-bond acceptors (Lipinski definition) is 6. The van der Waals surface area contributed by atoms with Gasteiger partial charge in [0, 0.05) is 48.7 Å². The molecule has 2 aromatic heterocycles. The molecule has 3 heterocycles. The van der Waals surface area contributed by atoms with Gasteiger partial charge < -0.3 is 19.6 Å². The maximum absolute atomic E-state index is 11.6. The van der Waals surface area contributed by atoms with Gasteiger partial charge in [-0.2, -0.15) is 0 Å². The molecule has 1 saturated carbocycles. The second-order valence-corrected chi connectivity index (χ2v) is 9.78. The van der Waals surface area contributed by atoms with Crippen LogP contribution in [-0.2, 0) is 12.0 Å². The molecule has 0 spiro atoms. The van der Waals surface area contributed by atoms with Crippen molar-refractivity contribution in [1.29, 1.82) is 0 Å². The first-order valence-electron chi connectivity index (χ1n) is 12.0. The number of benzene rings is 1. The molecular formula is C27H29N3O3. The third-order valence-corrected chi connectivity index (χ3v) is 7.51. The molecule has 1 saturated heterocycles. The monoisotopic (exact) mass is 443 g/mol. The molecule has 6 heteroatoms. The summed E-state index contributed by atoms with van der Waals surface area (Å²) in [4.78, 5) is 6.64. The van der Waals surface area contributed by atoms with E-state index in [0.29, 0.717) is 18.6 Å². The smallest absolute Gasteiger partial charge is 0.142 e. The predicted molar refractivity (Wildman–Crippen MR) is 126 cm³/mol. The minimum atomic E-state index is -0.951. The zero-order chi connectivity index (χ0) is 22.4. The van der Waals surface area contributed by atoms with Crippen LogP contribution in [0.5, 0.6) is 0 Å². The highest BCUT2D eigenvalue weighted by Crippen LogP contribution is 2.43. The Morgan fingerprint density at radius 1 is 1.00 bits per heavy atom. The number of hydrogen-bond donors (Lipinski definition) is 2. The average molecular weight is 444 g/mol. The van der Waals surface area contributed by atoms with Crippen LogP contribution in [-0.4, -0.2) is 45.5 Å². The lowest BCUT2D eigenvalue weighted by Gasteiger charge is -2.37. The van der Waals surface area contributed by atoms with Gasteiger partial charge in [-0.3, -0.25) is 4.98 Å². The van der Waals surface area contributed by atoms with E-state index in [0.717, 1.165) is 72.1 Å². The third kappa shape index (κ3) is 3.87. The third-order valence-electron chi connectivity index (χ3n) is 7.51. The van der Waals surface area contributed by atoms with Crippen molar-refractivity contribution < 1.29 is 14.7 Å². The van der Waals surface area contributed by atoms with Gasteiger partial charge in [-0.25, -0.2) is 0 Å². The molecular weight excluding hydrogens is 414 g/mol. The minimum absolute atomic E-state index is 0.647. The van der Waals surface area contributed by atoms with E-state index in [-0.39, 0.29) is 0 Å². The van der Waals surface area contributed by atoms with Crippen LogP contribution >= 0.6 is 0 Å². The van der Waals surface area contributed by atoms with E-state index < -0.39 is 5.60 Å². The van der Waals surface area contributed by atoms with E-state index in [1.54, 1.807) is 12.4 Å². The number of aryl methyl sites for hydroxylation is 1. The zero-order valence-corrected chi connectivity index (χ0v) is 18.7. The highest BCUT2D eigenvalue weighted by atomic mass is 16.4. The molecule has 1 aromatic carbocycles. The highest BCUT2D eigenvalue weighted by Gasteiger charge is 2.39. The maximum Gasteiger partial charge on any atom is 0.142 e. The lowest BCUT2D eigenvalue weighted by Crippen LogP contribution is -2.43. The first-order valence-corrected chi connectivity index (χ1v) is 12.0. The fraction of sp³-hybridized carbons (Fsp3) is 0.407. The van der Waals surface area contributed by atoms with Crippen LogP contribution in [0.3, 0.4) is 0 Å². The number of oxime groups is 1. The molecule has 3 aliphatic rings. The number of aromatic nitrogens is 1. The van der Waals surface area contributed by atoms with Crippen molar-refractivity contribution in [3.63, 3.8) is 0 Å². The summed E-state index contributed by atoms with van der Waals surface area (Å²) in [6.07, 6.45) is 9.21. The largest absolute Gasteiger partial charge is 0.457 e. The molecule has 2 aliphatic carbocycles. The molecule has 1 aliphatic heterocycles. The number of fused-ring (bicyclic) bond motifs is 1. The van der Waals surface area contributed by atoms with E-state index >= 15 is 0 Å². The summed E-state index contributed by atoms with van der Waals surface area (Å²) < 4.78 is 6.43. The van der Waals surface area contributed by atoms with Crippen LogP contribution in [0.4, 0.5) is 0 Å². The van der Waals surface area contributed by atoms with E-state index in [1.165, 1.54) is 18.4 Å². The van der Waals surface area contributed by atoms with Crippen LogP contribution in [0, 0.1) is 5.92 Å². The van der Waals surface area contributed by atoms with E-state index in [2.05, 4.69) is 27.2 Å². The van der Waals surface area contributed by atoms with E-state index in [1.807, 2.05) is 24.3 Å². The summed E-state index contributed by atoms with van der Waals surface area (Å²) in [6.45, 7) is 2.96. The Labute approximate surface area is 193 Å². The van der Waals surface area contributed by atoms with Crippen LogP contribution < -0.4 is 0 Å². The van der Waals surface area contributed by atoms with Gasteiger partial charge >= 0.3 is 0 Å². The van der Waals surface area contributed by atoms with Gasteiger partial charge in [0.25, 0.3) is 0 Å². The van der Waals surface area contributed by atoms with Gasteiger partial charge in [0.2, 0.25) is 0 Å². The molecule has 170 valence electrons. The van der Waals surface area contributed by atoms with Crippen molar-refractivity contribution in [2.75, 3.05) is 19.6 Å². The summed E-state index contributed by atoms with van der Waals surface area (Å²) in [7, 11) is 0. The quantitative estimate of drug-likeness (QED) is 0.436. The van der Waals surface area contributed by atoms with Gasteiger partial charge in [-0.1, -0.05) is 23.4 Å². The molecule has 0 bridgehead atoms. The van der Waals surface area contributed by atoms with Crippen molar-refractivity contribution in [1.82, 2.24) is 9.88 Å². The van der Waals surface area contributed by atoms with Gasteiger partial charge in [0.15, 0.2) is 0 Å². The summed E-state index contributed by atoms with van der Waals surface area (Å²) in [5.74, 6) is 2.27. The molecule has 6 rings (SSSR count). The molecule has 0 radical (unpaired) electrons. The summed E-state index contributed by atoms with van der Waals surface area (Å²) in [5, 5.41) is 24.3. The fourth-order valence-electron chi connectivity index (χ4n) is 5.31. The minimum Gasteiger partial charge on any atom is -0.457 e. The number of nitrogens with zero attached hydrogens (tertiary/aromatic N) is 3. The normalized spacial score (nSPS) is 21.4. The number of piperidine rings is 1. The summed E-state index contributed by atoms with van der Waals surface area (Å²) in [6, 6.07) is 12.2. The Morgan fingerprint density at radius 2 is 1.79 bits per heavy atom. The molecule has 2 N–H and O–H groups in total. The zero-order valence-electron chi connectivity index (χ0n) is 18.7. The predicted octanol–water partition coefficient (Wildman–Crippen LogP) is 4.83. The highest BCUT2D eigenvalue weighted by molar-refractivity contribution is 6.04.